The Bertz CT molecular complexity index is 1120. The first kappa shape index (κ1) is 16.1. The van der Waals surface area contributed by atoms with Crippen molar-refractivity contribution < 1.29 is 0 Å². The molecule has 0 unspecified atom stereocenters. The van der Waals surface area contributed by atoms with Gasteiger partial charge in [0.15, 0.2) is 0 Å². The first-order valence-corrected chi connectivity index (χ1v) is 8.89. The molecule has 28 heavy (non-hydrogen) atoms. The van der Waals surface area contributed by atoms with Crippen molar-refractivity contribution in [2.45, 2.75) is 0 Å². The summed E-state index contributed by atoms with van der Waals surface area (Å²) in [7, 11) is 0. The molecular formula is C22H16N6. The maximum absolute atomic E-state index is 4.46. The summed E-state index contributed by atoms with van der Waals surface area (Å²) in [5.74, 6) is 0. The minimum Gasteiger partial charge on any atom is -0.277 e. The van der Waals surface area contributed by atoms with E-state index < -0.39 is 0 Å². The van der Waals surface area contributed by atoms with Crippen molar-refractivity contribution in [1.29, 1.82) is 0 Å². The summed E-state index contributed by atoms with van der Waals surface area (Å²) < 4.78 is 0. The quantitative estimate of drug-likeness (QED) is 0.488. The van der Waals surface area contributed by atoms with E-state index in [1.54, 1.807) is 12.4 Å². The van der Waals surface area contributed by atoms with Gasteiger partial charge < -0.3 is 0 Å². The molecule has 4 heterocycles. The van der Waals surface area contributed by atoms with Crippen LogP contribution in [-0.2, 0) is 0 Å². The number of nitrogens with one attached hydrogen (secondary N) is 2. The molecule has 0 spiro atoms. The fourth-order valence-electron chi connectivity index (χ4n) is 3.12. The summed E-state index contributed by atoms with van der Waals surface area (Å²) in [6.45, 7) is 0. The lowest BCUT2D eigenvalue weighted by molar-refractivity contribution is 1.09. The SMILES string of the molecule is c1cc(-c2cc(-c3cccnc3)[nH]n2)cc(-c2cc(-c3cccnc3)[nH]n2)c1. The molecule has 0 radical (unpaired) electrons. The summed E-state index contributed by atoms with van der Waals surface area (Å²) in [6.07, 6.45) is 7.15. The Morgan fingerprint density at radius 1 is 0.536 bits per heavy atom. The number of benzene rings is 1. The van der Waals surface area contributed by atoms with E-state index in [0.29, 0.717) is 0 Å². The van der Waals surface area contributed by atoms with Crippen LogP contribution in [0.5, 0.6) is 0 Å². The van der Waals surface area contributed by atoms with Crippen LogP contribution >= 0.6 is 0 Å². The number of aromatic nitrogens is 6. The molecule has 6 nitrogen and oxygen atoms in total. The Balaban J connectivity index is 1.46. The number of hydrogen-bond donors (Lipinski definition) is 2. The van der Waals surface area contributed by atoms with Crippen molar-refractivity contribution in [3.05, 3.63) is 85.5 Å². The highest BCUT2D eigenvalue weighted by Gasteiger charge is 2.10. The Morgan fingerprint density at radius 3 is 1.50 bits per heavy atom. The summed E-state index contributed by atoms with van der Waals surface area (Å²) in [5, 5.41) is 15.1. The van der Waals surface area contributed by atoms with E-state index in [4.69, 9.17) is 0 Å². The zero-order chi connectivity index (χ0) is 18.8. The third kappa shape index (κ3) is 3.07. The largest absolute Gasteiger partial charge is 0.277 e. The maximum atomic E-state index is 4.46. The summed E-state index contributed by atoms with van der Waals surface area (Å²) in [4.78, 5) is 8.32. The highest BCUT2D eigenvalue weighted by molar-refractivity contribution is 5.74. The van der Waals surface area contributed by atoms with E-state index in [-0.39, 0.29) is 0 Å². The van der Waals surface area contributed by atoms with Crippen LogP contribution in [0, 0.1) is 0 Å². The Kier molecular flexibility index (Phi) is 3.99. The topological polar surface area (TPSA) is 83.1 Å². The average molecular weight is 364 g/mol. The molecule has 5 aromatic rings. The molecule has 0 aliphatic rings. The molecule has 0 fully saturated rings. The number of hydrogen-bond acceptors (Lipinski definition) is 4. The van der Waals surface area contributed by atoms with Gasteiger partial charge in [-0.3, -0.25) is 20.2 Å². The highest BCUT2D eigenvalue weighted by atomic mass is 15.1. The summed E-state index contributed by atoms with van der Waals surface area (Å²) in [6, 6.07) is 20.1. The molecule has 0 atom stereocenters. The van der Waals surface area contributed by atoms with Gasteiger partial charge in [-0.15, -0.1) is 0 Å². The van der Waals surface area contributed by atoms with Crippen LogP contribution in [-0.4, -0.2) is 30.4 Å². The van der Waals surface area contributed by atoms with Gasteiger partial charge in [0.25, 0.3) is 0 Å². The van der Waals surface area contributed by atoms with Gasteiger partial charge in [0.2, 0.25) is 0 Å². The molecule has 0 bridgehead atoms. The fourth-order valence-corrected chi connectivity index (χ4v) is 3.12. The Labute approximate surface area is 161 Å². The molecule has 4 aromatic heterocycles. The lowest BCUT2D eigenvalue weighted by Crippen LogP contribution is -1.82. The van der Waals surface area contributed by atoms with Gasteiger partial charge in [-0.2, -0.15) is 10.2 Å². The molecular weight excluding hydrogens is 348 g/mol. The number of rotatable bonds is 4. The monoisotopic (exact) mass is 364 g/mol. The normalized spacial score (nSPS) is 10.9. The van der Waals surface area contributed by atoms with Crippen LogP contribution in [0.2, 0.25) is 0 Å². The molecule has 5 rings (SSSR count). The minimum absolute atomic E-state index is 0.878. The Hall–Kier alpha value is -4.06. The van der Waals surface area contributed by atoms with Crippen molar-refractivity contribution >= 4 is 0 Å². The first-order valence-electron chi connectivity index (χ1n) is 8.89. The molecule has 0 aliphatic heterocycles. The predicted octanol–water partition coefficient (Wildman–Crippen LogP) is 4.59. The van der Waals surface area contributed by atoms with E-state index in [1.807, 2.05) is 67.0 Å². The second-order valence-corrected chi connectivity index (χ2v) is 6.40. The van der Waals surface area contributed by atoms with E-state index in [0.717, 1.165) is 45.0 Å². The average Bonchev–Trinajstić information content (AvgIpc) is 3.46. The lowest BCUT2D eigenvalue weighted by Gasteiger charge is -2.00. The third-order valence-corrected chi connectivity index (χ3v) is 4.55. The van der Waals surface area contributed by atoms with E-state index in [9.17, 15) is 0 Å². The molecule has 0 saturated heterocycles. The van der Waals surface area contributed by atoms with Gasteiger partial charge in [0.1, 0.15) is 0 Å². The molecule has 0 amide bonds. The van der Waals surface area contributed by atoms with E-state index >= 15 is 0 Å². The number of pyridine rings is 2. The maximum Gasteiger partial charge on any atom is 0.0927 e. The van der Waals surface area contributed by atoms with Crippen molar-refractivity contribution in [1.82, 2.24) is 30.4 Å². The number of aromatic amines is 2. The summed E-state index contributed by atoms with van der Waals surface area (Å²) >= 11 is 0. The van der Waals surface area contributed by atoms with Crippen LogP contribution in [0.15, 0.2) is 85.5 Å². The van der Waals surface area contributed by atoms with Crippen molar-refractivity contribution in [2.75, 3.05) is 0 Å². The van der Waals surface area contributed by atoms with Crippen LogP contribution in [0.3, 0.4) is 0 Å². The van der Waals surface area contributed by atoms with E-state index in [1.165, 1.54) is 0 Å². The van der Waals surface area contributed by atoms with Crippen LogP contribution in [0.1, 0.15) is 0 Å². The van der Waals surface area contributed by atoms with Gasteiger partial charge in [-0.05, 0) is 42.5 Å². The van der Waals surface area contributed by atoms with Gasteiger partial charge >= 0.3 is 0 Å². The van der Waals surface area contributed by atoms with Crippen molar-refractivity contribution in [2.24, 2.45) is 0 Å². The first-order chi connectivity index (χ1) is 13.9. The van der Waals surface area contributed by atoms with Crippen LogP contribution < -0.4 is 0 Å². The van der Waals surface area contributed by atoms with Gasteiger partial charge in [-0.25, -0.2) is 0 Å². The van der Waals surface area contributed by atoms with Gasteiger partial charge in [0.05, 0.1) is 22.8 Å². The predicted molar refractivity (Wildman–Crippen MR) is 108 cm³/mol. The molecule has 0 aliphatic carbocycles. The highest BCUT2D eigenvalue weighted by Crippen LogP contribution is 2.28. The van der Waals surface area contributed by atoms with Crippen LogP contribution in [0.25, 0.3) is 45.0 Å². The molecule has 6 heteroatoms. The van der Waals surface area contributed by atoms with Gasteiger partial charge in [-0.1, -0.05) is 18.2 Å². The van der Waals surface area contributed by atoms with Gasteiger partial charge in [0, 0.05) is 47.0 Å². The molecule has 134 valence electrons. The summed E-state index contributed by atoms with van der Waals surface area (Å²) in [5.41, 5.74) is 7.69. The van der Waals surface area contributed by atoms with E-state index in [2.05, 4.69) is 36.4 Å². The molecule has 1 aromatic carbocycles. The second kappa shape index (κ2) is 6.92. The zero-order valence-corrected chi connectivity index (χ0v) is 14.9. The molecule has 0 saturated carbocycles. The van der Waals surface area contributed by atoms with Crippen molar-refractivity contribution in [3.63, 3.8) is 0 Å². The standard InChI is InChI=1S/C22H16N6/c1-4-15(19-11-21(27-25-19)17-6-2-8-23-13-17)10-16(5-1)20-12-22(28-26-20)18-7-3-9-24-14-18/h1-14H,(H,25,27)(H,26,28). The van der Waals surface area contributed by atoms with Crippen molar-refractivity contribution in [3.8, 4) is 45.0 Å². The second-order valence-electron chi connectivity index (χ2n) is 6.40. The lowest BCUT2D eigenvalue weighted by atomic mass is 10.0. The minimum atomic E-state index is 0.878. The number of nitrogens with zero attached hydrogens (tertiary/aromatic N) is 4. The van der Waals surface area contributed by atoms with Crippen LogP contribution in [0.4, 0.5) is 0 Å². The Morgan fingerprint density at radius 2 is 1.04 bits per heavy atom. The fraction of sp³-hybridized carbons (Fsp3) is 0. The smallest absolute Gasteiger partial charge is 0.0927 e. The number of H-pyrrole nitrogens is 2. The molecule has 2 N–H and O–H groups in total. The zero-order valence-electron chi connectivity index (χ0n) is 14.9. The third-order valence-electron chi connectivity index (χ3n) is 4.55.